The molecular weight excluding hydrogens is 306 g/mol. The number of hydrogen-bond donors (Lipinski definition) is 0. The molecule has 5 nitrogen and oxygen atoms in total. The molecule has 124 valence electrons. The number of ether oxygens (including phenoxy) is 3. The molecule has 1 heterocycles. The molecule has 0 atom stereocenters. The first-order valence-electron chi connectivity index (χ1n) is 7.29. The molecule has 0 unspecified atom stereocenters. The van der Waals surface area contributed by atoms with E-state index in [1.807, 2.05) is 13.0 Å². The van der Waals surface area contributed by atoms with Crippen LogP contribution in [-0.2, 0) is 22.5 Å². The third kappa shape index (κ3) is 4.52. The summed E-state index contributed by atoms with van der Waals surface area (Å²) in [7, 11) is 3.30. The molecule has 2 rings (SSSR count). The number of carbonyl (C=O) groups excluding carboxylic acids is 1. The zero-order valence-corrected chi connectivity index (χ0v) is 14.2. The highest BCUT2D eigenvalue weighted by Gasteiger charge is 2.20. The van der Waals surface area contributed by atoms with Crippen LogP contribution in [0.25, 0.3) is 0 Å². The topological polar surface area (TPSA) is 48.0 Å². The van der Waals surface area contributed by atoms with Gasteiger partial charge >= 0.3 is 5.97 Å². The first-order valence-corrected chi connectivity index (χ1v) is 7.29. The lowest BCUT2D eigenvalue weighted by molar-refractivity contribution is -0.143. The van der Waals surface area contributed by atoms with Crippen molar-refractivity contribution >= 4 is 18.4 Å². The second-order valence-corrected chi connectivity index (χ2v) is 5.06. The molecule has 0 fully saturated rings. The summed E-state index contributed by atoms with van der Waals surface area (Å²) in [4.78, 5) is 13.7. The van der Waals surface area contributed by atoms with Gasteiger partial charge in [-0.1, -0.05) is 0 Å². The minimum absolute atomic E-state index is 0. The van der Waals surface area contributed by atoms with Gasteiger partial charge in [0.2, 0.25) is 0 Å². The first kappa shape index (κ1) is 18.6. The largest absolute Gasteiger partial charge is 0.493 e. The van der Waals surface area contributed by atoms with Gasteiger partial charge in [-0.25, -0.2) is 0 Å². The van der Waals surface area contributed by atoms with Crippen molar-refractivity contribution in [2.24, 2.45) is 0 Å². The van der Waals surface area contributed by atoms with Crippen molar-refractivity contribution in [3.05, 3.63) is 23.3 Å². The van der Waals surface area contributed by atoms with Crippen molar-refractivity contribution in [3.8, 4) is 11.5 Å². The highest BCUT2D eigenvalue weighted by Crippen LogP contribution is 2.33. The normalized spacial score (nSPS) is 13.8. The van der Waals surface area contributed by atoms with Crippen molar-refractivity contribution in [1.82, 2.24) is 4.90 Å². The second kappa shape index (κ2) is 8.86. The summed E-state index contributed by atoms with van der Waals surface area (Å²) in [5.41, 5.74) is 2.53. The van der Waals surface area contributed by atoms with Gasteiger partial charge in [0.25, 0.3) is 0 Å². The van der Waals surface area contributed by atoms with Crippen molar-refractivity contribution in [2.75, 3.05) is 33.9 Å². The third-order valence-electron chi connectivity index (χ3n) is 3.73. The highest BCUT2D eigenvalue weighted by atomic mass is 35.5. The predicted octanol–water partition coefficient (Wildman–Crippen LogP) is 2.44. The summed E-state index contributed by atoms with van der Waals surface area (Å²) < 4.78 is 15.7. The minimum atomic E-state index is -0.129. The Bertz CT molecular complexity index is 507. The SMILES string of the molecule is CCOC(=O)CCN1CCc2cc(OC)c(OC)cc2C1.Cl. The number of carbonyl (C=O) groups is 1. The average Bonchev–Trinajstić information content (AvgIpc) is 2.51. The quantitative estimate of drug-likeness (QED) is 0.750. The molecule has 6 heteroatoms. The number of fused-ring (bicyclic) bond motifs is 1. The van der Waals surface area contributed by atoms with E-state index in [0.29, 0.717) is 13.0 Å². The van der Waals surface area contributed by atoms with Gasteiger partial charge in [0.1, 0.15) is 0 Å². The highest BCUT2D eigenvalue weighted by molar-refractivity contribution is 5.85. The third-order valence-corrected chi connectivity index (χ3v) is 3.73. The van der Waals surface area contributed by atoms with Crippen molar-refractivity contribution < 1.29 is 19.0 Å². The number of benzene rings is 1. The fourth-order valence-electron chi connectivity index (χ4n) is 2.62. The maximum Gasteiger partial charge on any atom is 0.307 e. The second-order valence-electron chi connectivity index (χ2n) is 5.06. The summed E-state index contributed by atoms with van der Waals surface area (Å²) in [6.45, 7) is 4.77. The zero-order valence-electron chi connectivity index (χ0n) is 13.4. The molecule has 0 saturated heterocycles. The van der Waals surface area contributed by atoms with Crippen molar-refractivity contribution in [1.29, 1.82) is 0 Å². The summed E-state index contributed by atoms with van der Waals surface area (Å²) in [5, 5.41) is 0. The van der Waals surface area contributed by atoms with E-state index in [1.54, 1.807) is 14.2 Å². The molecule has 0 radical (unpaired) electrons. The molecule has 0 aliphatic carbocycles. The van der Waals surface area contributed by atoms with Gasteiger partial charge in [-0.05, 0) is 36.6 Å². The number of hydrogen-bond acceptors (Lipinski definition) is 5. The number of halogens is 1. The Labute approximate surface area is 137 Å². The molecule has 1 aromatic rings. The molecule has 0 amide bonds. The Hall–Kier alpha value is -1.46. The Kier molecular flexibility index (Phi) is 7.48. The molecule has 0 saturated carbocycles. The van der Waals surface area contributed by atoms with E-state index in [4.69, 9.17) is 14.2 Å². The van der Waals surface area contributed by atoms with Crippen molar-refractivity contribution in [2.45, 2.75) is 26.3 Å². The lowest BCUT2D eigenvalue weighted by Crippen LogP contribution is -2.32. The monoisotopic (exact) mass is 329 g/mol. The van der Waals surface area contributed by atoms with E-state index in [1.165, 1.54) is 11.1 Å². The van der Waals surface area contributed by atoms with Crippen LogP contribution in [0.2, 0.25) is 0 Å². The molecule has 0 spiro atoms. The van der Waals surface area contributed by atoms with Crippen LogP contribution in [0.4, 0.5) is 0 Å². The van der Waals surface area contributed by atoms with Crippen molar-refractivity contribution in [3.63, 3.8) is 0 Å². The summed E-state index contributed by atoms with van der Waals surface area (Å²) in [6, 6.07) is 4.08. The number of methoxy groups -OCH3 is 2. The summed E-state index contributed by atoms with van der Waals surface area (Å²) >= 11 is 0. The first-order chi connectivity index (χ1) is 10.2. The molecule has 1 aromatic carbocycles. The molecule has 0 aromatic heterocycles. The standard InChI is InChI=1S/C16H23NO4.ClH/c1-4-21-16(18)6-8-17-7-5-12-9-14(19-2)15(20-3)10-13(12)11-17;/h9-10H,4-8,11H2,1-3H3;1H. The van der Waals surface area contributed by atoms with Gasteiger partial charge in [-0.15, -0.1) is 12.4 Å². The van der Waals surface area contributed by atoms with Crippen LogP contribution >= 0.6 is 12.4 Å². The van der Waals surface area contributed by atoms with E-state index in [0.717, 1.165) is 37.6 Å². The van der Waals surface area contributed by atoms with Crippen LogP contribution in [-0.4, -0.2) is 44.8 Å². The Morgan fingerprint density at radius 3 is 2.41 bits per heavy atom. The number of nitrogens with zero attached hydrogens (tertiary/aromatic N) is 1. The predicted molar refractivity (Wildman–Crippen MR) is 87.0 cm³/mol. The van der Waals surface area contributed by atoms with Crippen LogP contribution in [0.5, 0.6) is 11.5 Å². The smallest absolute Gasteiger partial charge is 0.307 e. The van der Waals surface area contributed by atoms with E-state index >= 15 is 0 Å². The zero-order chi connectivity index (χ0) is 15.2. The average molecular weight is 330 g/mol. The van der Waals surface area contributed by atoms with Crippen LogP contribution in [0.15, 0.2) is 12.1 Å². The number of esters is 1. The molecule has 0 N–H and O–H groups in total. The Morgan fingerprint density at radius 1 is 1.18 bits per heavy atom. The van der Waals surface area contributed by atoms with Gasteiger partial charge in [-0.3, -0.25) is 9.69 Å². The molecule has 1 aliphatic heterocycles. The van der Waals surface area contributed by atoms with Crippen LogP contribution < -0.4 is 9.47 Å². The van der Waals surface area contributed by atoms with E-state index in [-0.39, 0.29) is 18.4 Å². The fraction of sp³-hybridized carbons (Fsp3) is 0.562. The van der Waals surface area contributed by atoms with Gasteiger partial charge in [0.05, 0.1) is 27.2 Å². The Morgan fingerprint density at radius 2 is 1.82 bits per heavy atom. The maximum absolute atomic E-state index is 11.4. The molecule has 22 heavy (non-hydrogen) atoms. The van der Waals surface area contributed by atoms with Gasteiger partial charge in [0.15, 0.2) is 11.5 Å². The summed E-state index contributed by atoms with van der Waals surface area (Å²) in [6.07, 6.45) is 1.40. The van der Waals surface area contributed by atoms with Crippen LogP contribution in [0.1, 0.15) is 24.5 Å². The van der Waals surface area contributed by atoms with Crippen LogP contribution in [0, 0.1) is 0 Å². The number of rotatable bonds is 6. The lowest BCUT2D eigenvalue weighted by atomic mass is 9.98. The van der Waals surface area contributed by atoms with E-state index in [9.17, 15) is 4.79 Å². The molecule has 1 aliphatic rings. The van der Waals surface area contributed by atoms with Gasteiger partial charge < -0.3 is 14.2 Å². The molecule has 0 bridgehead atoms. The lowest BCUT2D eigenvalue weighted by Gasteiger charge is -2.29. The summed E-state index contributed by atoms with van der Waals surface area (Å²) in [5.74, 6) is 1.40. The van der Waals surface area contributed by atoms with Gasteiger partial charge in [-0.2, -0.15) is 0 Å². The Balaban J connectivity index is 0.00000242. The minimum Gasteiger partial charge on any atom is -0.493 e. The maximum atomic E-state index is 11.4. The van der Waals surface area contributed by atoms with E-state index in [2.05, 4.69) is 11.0 Å². The van der Waals surface area contributed by atoms with Crippen LogP contribution in [0.3, 0.4) is 0 Å². The molecular formula is C16H24ClNO4. The fourth-order valence-corrected chi connectivity index (χ4v) is 2.62. The van der Waals surface area contributed by atoms with E-state index < -0.39 is 0 Å². The van der Waals surface area contributed by atoms with Gasteiger partial charge in [0, 0.05) is 19.6 Å².